The van der Waals surface area contributed by atoms with Gasteiger partial charge in [0.05, 0.1) is 6.04 Å². The van der Waals surface area contributed by atoms with Gasteiger partial charge in [0, 0.05) is 26.2 Å². The molecule has 2 aliphatic rings. The van der Waals surface area contributed by atoms with E-state index in [1.165, 1.54) is 0 Å². The summed E-state index contributed by atoms with van der Waals surface area (Å²) in [6, 6.07) is -0.0885. The number of ether oxygens (including phenoxy) is 1. The fourth-order valence-corrected chi connectivity index (χ4v) is 3.17. The Morgan fingerprint density at radius 1 is 1.30 bits per heavy atom. The van der Waals surface area contributed by atoms with Crippen LogP contribution in [0, 0.1) is 5.92 Å². The third-order valence-electron chi connectivity index (χ3n) is 4.36. The van der Waals surface area contributed by atoms with E-state index in [-0.39, 0.29) is 18.0 Å². The molecule has 2 heterocycles. The SMILES string of the molecule is CC(C)(C)OC(=O)N1CCC[C@H](CN[C@@H]2CCCCNC2=O)C1. The minimum absolute atomic E-state index is 0.0885. The number of carbonyl (C=O) groups is 2. The zero-order valence-electron chi connectivity index (χ0n) is 14.7. The van der Waals surface area contributed by atoms with E-state index in [9.17, 15) is 9.59 Å². The van der Waals surface area contributed by atoms with Crippen molar-refractivity contribution in [3.63, 3.8) is 0 Å². The van der Waals surface area contributed by atoms with Crippen LogP contribution in [0.25, 0.3) is 0 Å². The van der Waals surface area contributed by atoms with E-state index in [2.05, 4.69) is 10.6 Å². The first kappa shape index (κ1) is 18.0. The van der Waals surface area contributed by atoms with Gasteiger partial charge < -0.3 is 20.3 Å². The van der Waals surface area contributed by atoms with E-state index in [0.29, 0.717) is 12.5 Å². The topological polar surface area (TPSA) is 70.7 Å². The number of likely N-dealkylation sites (tertiary alicyclic amines) is 1. The van der Waals surface area contributed by atoms with Gasteiger partial charge in [0.15, 0.2) is 0 Å². The van der Waals surface area contributed by atoms with Crippen LogP contribution in [0.15, 0.2) is 0 Å². The Morgan fingerprint density at radius 3 is 2.83 bits per heavy atom. The first-order valence-electron chi connectivity index (χ1n) is 8.84. The van der Waals surface area contributed by atoms with Crippen molar-refractivity contribution in [1.29, 1.82) is 0 Å². The summed E-state index contributed by atoms with van der Waals surface area (Å²) in [5, 5.41) is 6.35. The molecule has 0 saturated carbocycles. The standard InChI is InChI=1S/C17H31N3O3/c1-17(2,3)23-16(22)20-10-6-7-13(12-20)11-19-14-8-4-5-9-18-15(14)21/h13-14,19H,4-12H2,1-3H3,(H,18,21)/t13-,14-/m1/s1. The lowest BCUT2D eigenvalue weighted by molar-refractivity contribution is -0.122. The van der Waals surface area contributed by atoms with Gasteiger partial charge in [-0.25, -0.2) is 4.79 Å². The third-order valence-corrected chi connectivity index (χ3v) is 4.36. The molecular formula is C17H31N3O3. The Bertz CT molecular complexity index is 420. The molecule has 0 aliphatic carbocycles. The molecule has 0 aromatic carbocycles. The lowest BCUT2D eigenvalue weighted by Gasteiger charge is -2.34. The van der Waals surface area contributed by atoms with Crippen molar-refractivity contribution in [3.8, 4) is 0 Å². The van der Waals surface area contributed by atoms with E-state index in [4.69, 9.17) is 4.74 Å². The number of rotatable bonds is 3. The summed E-state index contributed by atoms with van der Waals surface area (Å²) in [5.41, 5.74) is -0.458. The Balaban J connectivity index is 1.79. The molecule has 0 radical (unpaired) electrons. The Hall–Kier alpha value is -1.30. The van der Waals surface area contributed by atoms with Crippen molar-refractivity contribution in [2.24, 2.45) is 5.92 Å². The second-order valence-corrected chi connectivity index (χ2v) is 7.68. The highest BCUT2D eigenvalue weighted by Gasteiger charge is 2.28. The van der Waals surface area contributed by atoms with Crippen molar-refractivity contribution >= 4 is 12.0 Å². The van der Waals surface area contributed by atoms with Crippen LogP contribution in [-0.2, 0) is 9.53 Å². The van der Waals surface area contributed by atoms with Gasteiger partial charge in [-0.3, -0.25) is 4.79 Å². The Kier molecular flexibility index (Phi) is 6.27. The molecule has 2 amide bonds. The van der Waals surface area contributed by atoms with Crippen LogP contribution in [-0.4, -0.2) is 54.7 Å². The summed E-state index contributed by atoms with van der Waals surface area (Å²) in [5.74, 6) is 0.495. The molecule has 6 nitrogen and oxygen atoms in total. The number of hydrogen-bond donors (Lipinski definition) is 2. The molecule has 2 aliphatic heterocycles. The van der Waals surface area contributed by atoms with Gasteiger partial charge >= 0.3 is 6.09 Å². The highest BCUT2D eigenvalue weighted by Crippen LogP contribution is 2.19. The van der Waals surface area contributed by atoms with Gasteiger partial charge in [-0.15, -0.1) is 0 Å². The highest BCUT2D eigenvalue weighted by molar-refractivity contribution is 5.81. The first-order valence-corrected chi connectivity index (χ1v) is 8.84. The van der Waals surface area contributed by atoms with Gasteiger partial charge in [0.2, 0.25) is 5.91 Å². The van der Waals surface area contributed by atoms with Crippen molar-refractivity contribution < 1.29 is 14.3 Å². The minimum Gasteiger partial charge on any atom is -0.444 e. The number of carbonyl (C=O) groups excluding carboxylic acids is 2. The van der Waals surface area contributed by atoms with Gasteiger partial charge in [-0.1, -0.05) is 0 Å². The van der Waals surface area contributed by atoms with Crippen molar-refractivity contribution in [1.82, 2.24) is 15.5 Å². The second-order valence-electron chi connectivity index (χ2n) is 7.68. The molecule has 0 bridgehead atoms. The Morgan fingerprint density at radius 2 is 2.09 bits per heavy atom. The number of piperidine rings is 1. The largest absolute Gasteiger partial charge is 0.444 e. The third kappa shape index (κ3) is 6.01. The predicted molar refractivity (Wildman–Crippen MR) is 89.2 cm³/mol. The smallest absolute Gasteiger partial charge is 0.410 e. The lowest BCUT2D eigenvalue weighted by Crippen LogP contribution is -2.48. The molecule has 2 N–H and O–H groups in total. The fraction of sp³-hybridized carbons (Fsp3) is 0.882. The lowest BCUT2D eigenvalue weighted by atomic mass is 9.97. The van der Waals surface area contributed by atoms with Gasteiger partial charge in [0.1, 0.15) is 5.60 Å². The maximum Gasteiger partial charge on any atom is 0.410 e. The second kappa shape index (κ2) is 7.99. The van der Waals surface area contributed by atoms with Gasteiger partial charge in [-0.2, -0.15) is 0 Å². The highest BCUT2D eigenvalue weighted by atomic mass is 16.6. The molecule has 132 valence electrons. The summed E-state index contributed by atoms with van der Waals surface area (Å²) in [7, 11) is 0. The molecule has 2 atom stereocenters. The van der Waals surface area contributed by atoms with Crippen molar-refractivity contribution in [2.45, 2.75) is 64.5 Å². The average Bonchev–Trinajstić information content (AvgIpc) is 2.68. The van der Waals surface area contributed by atoms with Crippen molar-refractivity contribution in [2.75, 3.05) is 26.2 Å². The van der Waals surface area contributed by atoms with E-state index in [1.807, 2.05) is 20.8 Å². The Labute approximate surface area is 139 Å². The number of nitrogens with zero attached hydrogens (tertiary/aromatic N) is 1. The van der Waals surface area contributed by atoms with E-state index < -0.39 is 5.60 Å². The van der Waals surface area contributed by atoms with Gasteiger partial charge in [0.25, 0.3) is 0 Å². The average molecular weight is 325 g/mol. The minimum atomic E-state index is -0.458. The molecule has 2 fully saturated rings. The number of amides is 2. The van der Waals surface area contributed by atoms with E-state index >= 15 is 0 Å². The van der Waals surface area contributed by atoms with Crippen LogP contribution >= 0.6 is 0 Å². The molecular weight excluding hydrogens is 294 g/mol. The zero-order valence-corrected chi connectivity index (χ0v) is 14.7. The fourth-order valence-electron chi connectivity index (χ4n) is 3.17. The number of hydrogen-bond acceptors (Lipinski definition) is 4. The molecule has 0 aromatic heterocycles. The molecule has 2 saturated heterocycles. The van der Waals surface area contributed by atoms with Crippen LogP contribution in [0.1, 0.15) is 52.9 Å². The van der Waals surface area contributed by atoms with Crippen LogP contribution in [0.2, 0.25) is 0 Å². The van der Waals surface area contributed by atoms with Crippen LogP contribution in [0.3, 0.4) is 0 Å². The van der Waals surface area contributed by atoms with Crippen LogP contribution < -0.4 is 10.6 Å². The van der Waals surface area contributed by atoms with Crippen molar-refractivity contribution in [3.05, 3.63) is 0 Å². The summed E-state index contributed by atoms with van der Waals surface area (Å²) >= 11 is 0. The molecule has 0 unspecified atom stereocenters. The van der Waals surface area contributed by atoms with Crippen LogP contribution in [0.4, 0.5) is 4.79 Å². The summed E-state index contributed by atoms with van der Waals surface area (Å²) < 4.78 is 5.46. The maximum atomic E-state index is 12.2. The molecule has 0 spiro atoms. The predicted octanol–water partition coefficient (Wildman–Crippen LogP) is 1.89. The van der Waals surface area contributed by atoms with E-state index in [1.54, 1.807) is 4.90 Å². The maximum absolute atomic E-state index is 12.2. The monoisotopic (exact) mass is 325 g/mol. The van der Waals surface area contributed by atoms with E-state index in [0.717, 1.165) is 51.7 Å². The molecule has 23 heavy (non-hydrogen) atoms. The molecule has 6 heteroatoms. The van der Waals surface area contributed by atoms with Crippen LogP contribution in [0.5, 0.6) is 0 Å². The summed E-state index contributed by atoms with van der Waals surface area (Å²) in [6.07, 6.45) is 4.87. The normalized spacial score (nSPS) is 26.4. The summed E-state index contributed by atoms with van der Waals surface area (Å²) in [6.45, 7) is 8.69. The van der Waals surface area contributed by atoms with Gasteiger partial charge in [-0.05, 0) is 58.8 Å². The molecule has 0 aromatic rings. The first-order chi connectivity index (χ1) is 10.8. The quantitative estimate of drug-likeness (QED) is 0.831. The summed E-state index contributed by atoms with van der Waals surface area (Å²) in [4.78, 5) is 25.9. The molecule has 2 rings (SSSR count). The number of nitrogens with one attached hydrogen (secondary N) is 2. The zero-order chi connectivity index (χ0) is 16.9.